The van der Waals surface area contributed by atoms with Gasteiger partial charge in [0, 0.05) is 22.8 Å². The number of hydrogen-bond donors (Lipinski definition) is 1. The zero-order chi connectivity index (χ0) is 12.1. The van der Waals surface area contributed by atoms with Crippen molar-refractivity contribution in [3.63, 3.8) is 0 Å². The second-order valence-electron chi connectivity index (χ2n) is 4.68. The van der Waals surface area contributed by atoms with Crippen LogP contribution in [0.2, 0.25) is 5.02 Å². The quantitative estimate of drug-likeness (QED) is 0.890. The first-order valence-electron chi connectivity index (χ1n) is 6.47. The molecule has 1 aliphatic heterocycles. The summed E-state index contributed by atoms with van der Waals surface area (Å²) in [7, 11) is 0. The van der Waals surface area contributed by atoms with Gasteiger partial charge in [-0.25, -0.2) is 0 Å². The highest BCUT2D eigenvalue weighted by Gasteiger charge is 2.20. The van der Waals surface area contributed by atoms with Gasteiger partial charge in [0.1, 0.15) is 0 Å². The van der Waals surface area contributed by atoms with E-state index in [0.717, 1.165) is 30.7 Å². The molecule has 0 spiro atoms. The summed E-state index contributed by atoms with van der Waals surface area (Å²) in [5.41, 5.74) is 0. The highest BCUT2D eigenvalue weighted by Crippen LogP contribution is 2.23. The maximum Gasteiger partial charge on any atom is 0.0516 e. The summed E-state index contributed by atoms with van der Waals surface area (Å²) >= 11 is 7.77. The Hall–Kier alpha value is 0.200. The average Bonchev–Trinajstić information content (AvgIpc) is 2.75. The van der Waals surface area contributed by atoms with Crippen molar-refractivity contribution in [2.24, 2.45) is 0 Å². The fourth-order valence-electron chi connectivity index (χ4n) is 2.49. The van der Waals surface area contributed by atoms with Crippen LogP contribution >= 0.6 is 35.3 Å². The maximum absolute atomic E-state index is 5.99. The third-order valence-electron chi connectivity index (χ3n) is 3.32. The molecule has 1 aromatic rings. The SMILES string of the molecule is CCCN(Cc1cc(Cl)cs1)C1CCNCC1.Cl. The van der Waals surface area contributed by atoms with E-state index in [1.54, 1.807) is 11.3 Å². The first-order chi connectivity index (χ1) is 8.29. The van der Waals surface area contributed by atoms with Crippen LogP contribution in [0.25, 0.3) is 0 Å². The standard InChI is InChI=1S/C13H21ClN2S.ClH/c1-2-7-16(12-3-5-15-6-4-12)9-13-8-11(14)10-17-13;/h8,10,12,15H,2-7,9H2,1H3;1H. The van der Waals surface area contributed by atoms with Crippen molar-refractivity contribution in [3.8, 4) is 0 Å². The minimum Gasteiger partial charge on any atom is -0.317 e. The van der Waals surface area contributed by atoms with Gasteiger partial charge in [-0.3, -0.25) is 4.90 Å². The third kappa shape index (κ3) is 4.71. The highest BCUT2D eigenvalue weighted by atomic mass is 35.5. The second-order valence-corrected chi connectivity index (χ2v) is 6.12. The lowest BCUT2D eigenvalue weighted by Crippen LogP contribution is -2.42. The molecule has 0 radical (unpaired) electrons. The molecule has 2 rings (SSSR count). The van der Waals surface area contributed by atoms with Crippen LogP contribution < -0.4 is 5.32 Å². The van der Waals surface area contributed by atoms with Crippen LogP contribution in [0.1, 0.15) is 31.1 Å². The Kier molecular flexibility index (Phi) is 7.57. The normalized spacial score (nSPS) is 16.8. The summed E-state index contributed by atoms with van der Waals surface area (Å²) in [4.78, 5) is 4.02. The molecule has 0 bridgehead atoms. The van der Waals surface area contributed by atoms with E-state index in [0.29, 0.717) is 0 Å². The van der Waals surface area contributed by atoms with Gasteiger partial charge < -0.3 is 5.32 Å². The van der Waals surface area contributed by atoms with Crippen LogP contribution in [0.5, 0.6) is 0 Å². The molecule has 0 aromatic carbocycles. The zero-order valence-corrected chi connectivity index (χ0v) is 13.2. The summed E-state index contributed by atoms with van der Waals surface area (Å²) < 4.78 is 0. The van der Waals surface area contributed by atoms with Crippen molar-refractivity contribution in [1.29, 1.82) is 0 Å². The lowest BCUT2D eigenvalue weighted by Gasteiger charge is -2.34. The van der Waals surface area contributed by atoms with Gasteiger partial charge in [0.15, 0.2) is 0 Å². The van der Waals surface area contributed by atoms with E-state index in [-0.39, 0.29) is 12.4 Å². The number of thiophene rings is 1. The Balaban J connectivity index is 0.00000162. The molecule has 1 saturated heterocycles. The van der Waals surface area contributed by atoms with Gasteiger partial charge in [-0.1, -0.05) is 18.5 Å². The Morgan fingerprint density at radius 1 is 1.44 bits per heavy atom. The summed E-state index contributed by atoms with van der Waals surface area (Å²) in [5.74, 6) is 0. The molecule has 2 nitrogen and oxygen atoms in total. The van der Waals surface area contributed by atoms with E-state index in [2.05, 4.69) is 23.2 Å². The molecule has 1 aliphatic rings. The molecule has 0 amide bonds. The molecular weight excluding hydrogens is 287 g/mol. The van der Waals surface area contributed by atoms with E-state index in [1.807, 2.05) is 5.38 Å². The summed E-state index contributed by atoms with van der Waals surface area (Å²) in [6.07, 6.45) is 3.78. The lowest BCUT2D eigenvalue weighted by atomic mass is 10.0. The smallest absolute Gasteiger partial charge is 0.0516 e. The minimum absolute atomic E-state index is 0. The number of piperidine rings is 1. The van der Waals surface area contributed by atoms with Gasteiger partial charge in [0.05, 0.1) is 5.02 Å². The molecule has 0 saturated carbocycles. The van der Waals surface area contributed by atoms with Gasteiger partial charge in [-0.05, 0) is 45.0 Å². The van der Waals surface area contributed by atoms with Crippen LogP contribution in [-0.4, -0.2) is 30.6 Å². The molecule has 104 valence electrons. The van der Waals surface area contributed by atoms with Crippen LogP contribution in [0.4, 0.5) is 0 Å². The predicted octanol–water partition coefficient (Wildman–Crippen LogP) is 3.79. The van der Waals surface area contributed by atoms with Crippen molar-refractivity contribution >= 4 is 35.3 Å². The molecule has 0 aliphatic carbocycles. The summed E-state index contributed by atoms with van der Waals surface area (Å²) in [6, 6.07) is 2.85. The van der Waals surface area contributed by atoms with Gasteiger partial charge in [-0.2, -0.15) is 0 Å². The van der Waals surface area contributed by atoms with Gasteiger partial charge >= 0.3 is 0 Å². The fraction of sp³-hybridized carbons (Fsp3) is 0.692. The van der Waals surface area contributed by atoms with Crippen LogP contribution in [0.15, 0.2) is 11.4 Å². The number of nitrogens with one attached hydrogen (secondary N) is 1. The largest absolute Gasteiger partial charge is 0.317 e. The molecular formula is C13H22Cl2N2S. The van der Waals surface area contributed by atoms with Crippen LogP contribution in [0, 0.1) is 0 Å². The Morgan fingerprint density at radius 2 is 2.17 bits per heavy atom. The van der Waals surface area contributed by atoms with E-state index in [1.165, 1.54) is 30.7 Å². The minimum atomic E-state index is 0. The first kappa shape index (κ1) is 16.3. The average molecular weight is 309 g/mol. The van der Waals surface area contributed by atoms with Crippen molar-refractivity contribution in [1.82, 2.24) is 10.2 Å². The molecule has 2 heterocycles. The predicted molar refractivity (Wildman–Crippen MR) is 83.2 cm³/mol. The van der Waals surface area contributed by atoms with E-state index >= 15 is 0 Å². The first-order valence-corrected chi connectivity index (χ1v) is 7.73. The van der Waals surface area contributed by atoms with Crippen molar-refractivity contribution in [3.05, 3.63) is 21.3 Å². The van der Waals surface area contributed by atoms with E-state index in [9.17, 15) is 0 Å². The molecule has 5 heteroatoms. The Morgan fingerprint density at radius 3 is 2.72 bits per heavy atom. The summed E-state index contributed by atoms with van der Waals surface area (Å²) in [5, 5.41) is 6.35. The number of rotatable bonds is 5. The molecule has 18 heavy (non-hydrogen) atoms. The highest BCUT2D eigenvalue weighted by molar-refractivity contribution is 7.10. The summed E-state index contributed by atoms with van der Waals surface area (Å²) in [6.45, 7) is 6.84. The monoisotopic (exact) mass is 308 g/mol. The third-order valence-corrected chi connectivity index (χ3v) is 4.59. The second kappa shape index (κ2) is 8.39. The van der Waals surface area contributed by atoms with Crippen molar-refractivity contribution < 1.29 is 0 Å². The van der Waals surface area contributed by atoms with Crippen LogP contribution in [0.3, 0.4) is 0 Å². The zero-order valence-electron chi connectivity index (χ0n) is 10.8. The van der Waals surface area contributed by atoms with Gasteiger partial charge in [0.25, 0.3) is 0 Å². The van der Waals surface area contributed by atoms with Crippen molar-refractivity contribution in [2.75, 3.05) is 19.6 Å². The molecule has 1 N–H and O–H groups in total. The molecule has 1 aromatic heterocycles. The topological polar surface area (TPSA) is 15.3 Å². The number of nitrogens with zero attached hydrogens (tertiary/aromatic N) is 1. The van der Waals surface area contributed by atoms with E-state index in [4.69, 9.17) is 11.6 Å². The number of halogens is 2. The molecule has 1 fully saturated rings. The Labute approximate surface area is 125 Å². The number of hydrogen-bond acceptors (Lipinski definition) is 3. The maximum atomic E-state index is 5.99. The molecule has 0 unspecified atom stereocenters. The van der Waals surface area contributed by atoms with Crippen molar-refractivity contribution in [2.45, 2.75) is 38.8 Å². The fourth-order valence-corrected chi connectivity index (χ4v) is 3.58. The van der Waals surface area contributed by atoms with E-state index < -0.39 is 0 Å². The molecule has 0 atom stereocenters. The van der Waals surface area contributed by atoms with Crippen LogP contribution in [-0.2, 0) is 6.54 Å². The van der Waals surface area contributed by atoms with Gasteiger partial charge in [-0.15, -0.1) is 23.7 Å². The lowest BCUT2D eigenvalue weighted by molar-refractivity contribution is 0.155. The van der Waals surface area contributed by atoms with Gasteiger partial charge in [0.2, 0.25) is 0 Å². The Bertz CT molecular complexity index is 337.